The first kappa shape index (κ1) is 18.8. The minimum atomic E-state index is -0.524. The SMILES string of the molecule is Cc1ccsc1CN(C)C(=O)c1cccc(-c2cnn([C@@H](C)C(N)=O)c2)c1. The lowest BCUT2D eigenvalue weighted by Crippen LogP contribution is -2.26. The molecule has 0 saturated heterocycles. The first-order valence-corrected chi connectivity index (χ1v) is 9.47. The van der Waals surface area contributed by atoms with Gasteiger partial charge in [-0.25, -0.2) is 0 Å². The minimum absolute atomic E-state index is 0.0393. The third kappa shape index (κ3) is 4.09. The Labute approximate surface area is 162 Å². The minimum Gasteiger partial charge on any atom is -0.368 e. The molecule has 0 spiro atoms. The lowest BCUT2D eigenvalue weighted by molar-refractivity contribution is -0.120. The van der Waals surface area contributed by atoms with Gasteiger partial charge in [0.05, 0.1) is 12.7 Å². The average Bonchev–Trinajstić information content (AvgIpc) is 3.30. The van der Waals surface area contributed by atoms with Crippen LogP contribution in [0.5, 0.6) is 0 Å². The molecule has 3 rings (SSSR count). The summed E-state index contributed by atoms with van der Waals surface area (Å²) in [6, 6.07) is 8.95. The van der Waals surface area contributed by atoms with Gasteiger partial charge in [-0.3, -0.25) is 14.3 Å². The van der Waals surface area contributed by atoms with Gasteiger partial charge in [0.25, 0.3) is 5.91 Å². The molecule has 6 nitrogen and oxygen atoms in total. The molecular weight excluding hydrogens is 360 g/mol. The van der Waals surface area contributed by atoms with Crippen molar-refractivity contribution < 1.29 is 9.59 Å². The van der Waals surface area contributed by atoms with E-state index in [-0.39, 0.29) is 5.91 Å². The Hall–Kier alpha value is -2.93. The topological polar surface area (TPSA) is 81.2 Å². The van der Waals surface area contributed by atoms with Gasteiger partial charge in [0, 0.05) is 29.2 Å². The Kier molecular flexibility index (Phi) is 5.41. The number of hydrogen-bond donors (Lipinski definition) is 1. The van der Waals surface area contributed by atoms with Gasteiger partial charge in [0.1, 0.15) is 6.04 Å². The molecule has 2 heterocycles. The zero-order valence-electron chi connectivity index (χ0n) is 15.5. The molecule has 140 valence electrons. The number of amides is 2. The molecule has 7 heteroatoms. The molecule has 2 amide bonds. The molecular formula is C20H22N4O2S. The van der Waals surface area contributed by atoms with Crippen LogP contribution in [-0.2, 0) is 11.3 Å². The molecule has 0 aliphatic carbocycles. The lowest BCUT2D eigenvalue weighted by atomic mass is 10.1. The number of nitrogens with two attached hydrogens (primary N) is 1. The van der Waals surface area contributed by atoms with E-state index in [4.69, 9.17) is 5.73 Å². The number of rotatable bonds is 6. The number of thiophene rings is 1. The van der Waals surface area contributed by atoms with Crippen molar-refractivity contribution in [3.63, 3.8) is 0 Å². The van der Waals surface area contributed by atoms with Crippen LogP contribution in [0.4, 0.5) is 0 Å². The molecule has 2 aromatic heterocycles. The van der Waals surface area contributed by atoms with Crippen LogP contribution in [0.2, 0.25) is 0 Å². The summed E-state index contributed by atoms with van der Waals surface area (Å²) in [6.07, 6.45) is 3.43. The number of benzene rings is 1. The number of hydrogen-bond acceptors (Lipinski definition) is 4. The summed E-state index contributed by atoms with van der Waals surface area (Å²) in [6.45, 7) is 4.33. The standard InChI is InChI=1S/C20H22N4O2S/c1-13-7-8-27-18(13)12-23(3)20(26)16-6-4-5-15(9-16)17-10-22-24(11-17)14(2)19(21)25/h4-11,14H,12H2,1-3H3,(H2,21,25)/t14-/m0/s1. The highest BCUT2D eigenvalue weighted by Gasteiger charge is 2.16. The lowest BCUT2D eigenvalue weighted by Gasteiger charge is -2.17. The number of aryl methyl sites for hydroxylation is 1. The fourth-order valence-electron chi connectivity index (χ4n) is 2.73. The smallest absolute Gasteiger partial charge is 0.253 e. The normalized spacial score (nSPS) is 12.0. The fourth-order valence-corrected chi connectivity index (χ4v) is 3.69. The van der Waals surface area contributed by atoms with Crippen molar-refractivity contribution >= 4 is 23.2 Å². The molecule has 0 bridgehead atoms. The first-order valence-electron chi connectivity index (χ1n) is 8.59. The molecule has 3 aromatic rings. The van der Waals surface area contributed by atoms with Crippen LogP contribution in [0, 0.1) is 6.92 Å². The predicted octanol–water partition coefficient (Wildman–Crippen LogP) is 3.24. The maximum absolute atomic E-state index is 12.8. The highest BCUT2D eigenvalue weighted by molar-refractivity contribution is 7.10. The Balaban J connectivity index is 1.80. The van der Waals surface area contributed by atoms with E-state index in [0.717, 1.165) is 11.1 Å². The zero-order chi connectivity index (χ0) is 19.6. The Morgan fingerprint density at radius 2 is 2.07 bits per heavy atom. The summed E-state index contributed by atoms with van der Waals surface area (Å²) in [4.78, 5) is 27.1. The molecule has 0 unspecified atom stereocenters. The number of nitrogens with zero attached hydrogens (tertiary/aromatic N) is 3. The van der Waals surface area contributed by atoms with Crippen LogP contribution >= 0.6 is 11.3 Å². The van der Waals surface area contributed by atoms with Crippen LogP contribution < -0.4 is 5.73 Å². The third-order valence-corrected chi connectivity index (χ3v) is 5.56. The summed E-state index contributed by atoms with van der Waals surface area (Å²) in [5.41, 5.74) is 8.83. The van der Waals surface area contributed by atoms with Gasteiger partial charge in [-0.05, 0) is 48.6 Å². The van der Waals surface area contributed by atoms with Crippen LogP contribution in [0.25, 0.3) is 11.1 Å². The molecule has 0 saturated carbocycles. The highest BCUT2D eigenvalue weighted by atomic mass is 32.1. The largest absolute Gasteiger partial charge is 0.368 e. The maximum Gasteiger partial charge on any atom is 0.253 e. The van der Waals surface area contributed by atoms with E-state index >= 15 is 0 Å². The molecule has 0 radical (unpaired) electrons. The second kappa shape index (κ2) is 7.75. The van der Waals surface area contributed by atoms with Gasteiger partial charge in [-0.1, -0.05) is 12.1 Å². The summed E-state index contributed by atoms with van der Waals surface area (Å²) in [5.74, 6) is -0.485. The van der Waals surface area contributed by atoms with Crippen molar-refractivity contribution in [1.29, 1.82) is 0 Å². The second-order valence-electron chi connectivity index (χ2n) is 6.56. The van der Waals surface area contributed by atoms with Gasteiger partial charge < -0.3 is 10.6 Å². The fraction of sp³-hybridized carbons (Fsp3) is 0.250. The zero-order valence-corrected chi connectivity index (χ0v) is 16.4. The van der Waals surface area contributed by atoms with Crippen LogP contribution in [0.1, 0.15) is 33.8 Å². The Morgan fingerprint density at radius 1 is 1.30 bits per heavy atom. The molecule has 27 heavy (non-hydrogen) atoms. The summed E-state index contributed by atoms with van der Waals surface area (Å²) < 4.78 is 1.53. The number of carbonyl (C=O) groups excluding carboxylic acids is 2. The van der Waals surface area contributed by atoms with Gasteiger partial charge in [-0.2, -0.15) is 5.10 Å². The van der Waals surface area contributed by atoms with Crippen molar-refractivity contribution in [2.45, 2.75) is 26.4 Å². The predicted molar refractivity (Wildman–Crippen MR) is 106 cm³/mol. The third-order valence-electron chi connectivity index (χ3n) is 4.55. The van der Waals surface area contributed by atoms with Crippen molar-refractivity contribution in [2.75, 3.05) is 7.05 Å². The first-order chi connectivity index (χ1) is 12.9. The molecule has 0 fully saturated rings. The highest BCUT2D eigenvalue weighted by Crippen LogP contribution is 2.23. The summed E-state index contributed by atoms with van der Waals surface area (Å²) in [7, 11) is 1.81. The van der Waals surface area contributed by atoms with Crippen molar-refractivity contribution in [3.05, 3.63) is 64.1 Å². The van der Waals surface area contributed by atoms with Gasteiger partial charge in [0.2, 0.25) is 5.91 Å². The van der Waals surface area contributed by atoms with E-state index < -0.39 is 11.9 Å². The molecule has 0 aliphatic heterocycles. The monoisotopic (exact) mass is 382 g/mol. The van der Waals surface area contributed by atoms with Gasteiger partial charge in [0.15, 0.2) is 0 Å². The number of primary amides is 1. The van der Waals surface area contributed by atoms with E-state index in [2.05, 4.69) is 18.1 Å². The molecule has 0 aliphatic rings. The van der Waals surface area contributed by atoms with E-state index in [0.29, 0.717) is 12.1 Å². The molecule has 1 aromatic carbocycles. The van der Waals surface area contributed by atoms with Crippen LogP contribution in [-0.4, -0.2) is 33.5 Å². The van der Waals surface area contributed by atoms with E-state index in [9.17, 15) is 9.59 Å². The van der Waals surface area contributed by atoms with Crippen molar-refractivity contribution in [1.82, 2.24) is 14.7 Å². The van der Waals surface area contributed by atoms with Crippen molar-refractivity contribution in [2.24, 2.45) is 5.73 Å². The Morgan fingerprint density at radius 3 is 2.74 bits per heavy atom. The Bertz CT molecular complexity index is 976. The number of aromatic nitrogens is 2. The van der Waals surface area contributed by atoms with Gasteiger partial charge >= 0.3 is 0 Å². The van der Waals surface area contributed by atoms with E-state index in [1.807, 2.05) is 23.6 Å². The number of carbonyl (C=O) groups is 2. The van der Waals surface area contributed by atoms with Gasteiger partial charge in [-0.15, -0.1) is 11.3 Å². The van der Waals surface area contributed by atoms with Crippen molar-refractivity contribution in [3.8, 4) is 11.1 Å². The van der Waals surface area contributed by atoms with Crippen LogP contribution in [0.3, 0.4) is 0 Å². The quantitative estimate of drug-likeness (QED) is 0.711. The van der Waals surface area contributed by atoms with E-state index in [1.165, 1.54) is 15.1 Å². The van der Waals surface area contributed by atoms with Crippen LogP contribution in [0.15, 0.2) is 48.1 Å². The summed E-state index contributed by atoms with van der Waals surface area (Å²) in [5, 5.41) is 6.24. The second-order valence-corrected chi connectivity index (χ2v) is 7.56. The average molecular weight is 382 g/mol. The maximum atomic E-state index is 12.8. The summed E-state index contributed by atoms with van der Waals surface area (Å²) >= 11 is 1.66. The van der Waals surface area contributed by atoms with E-state index in [1.54, 1.807) is 48.7 Å². The molecule has 2 N–H and O–H groups in total. The molecule has 1 atom stereocenters.